The molecule has 2 N–H and O–H groups in total. The topological polar surface area (TPSA) is 93.6 Å². The van der Waals surface area contributed by atoms with Crippen molar-refractivity contribution in [2.24, 2.45) is 14.1 Å². The number of nitrogens with two attached hydrogens (primary N) is 1. The Kier molecular flexibility index (Phi) is 5.53. The lowest BCUT2D eigenvalue weighted by atomic mass is 10.1. The number of nitrogen functional groups attached to an aromatic ring is 1. The maximum Gasteiger partial charge on any atom is 0.332 e. The van der Waals surface area contributed by atoms with E-state index in [9.17, 15) is 14.4 Å². The normalized spacial score (nSPS) is 17.5. The molecule has 2 heterocycles. The van der Waals surface area contributed by atoms with Gasteiger partial charge in [0.25, 0.3) is 5.56 Å². The van der Waals surface area contributed by atoms with Crippen molar-refractivity contribution < 1.29 is 4.79 Å². The predicted octanol–water partition coefficient (Wildman–Crippen LogP) is -0.345. The number of ketones is 1. The van der Waals surface area contributed by atoms with E-state index in [2.05, 4.69) is 30.6 Å². The summed E-state index contributed by atoms with van der Waals surface area (Å²) in [5, 5.41) is 0. The minimum atomic E-state index is -0.628. The molecule has 0 amide bonds. The Morgan fingerprint density at radius 1 is 1.04 bits per heavy atom. The Balaban J connectivity index is 2.19. The van der Waals surface area contributed by atoms with E-state index < -0.39 is 11.2 Å². The molecular weight excluding hydrogens is 322 g/mol. The van der Waals surface area contributed by atoms with E-state index in [-0.39, 0.29) is 29.2 Å². The average Bonchev–Trinajstić information content (AvgIpc) is 2.76. The summed E-state index contributed by atoms with van der Waals surface area (Å²) in [6.07, 6.45) is 0.964. The zero-order valence-electron chi connectivity index (χ0n) is 15.8. The Labute approximate surface area is 147 Å². The molecule has 0 unspecified atom stereocenters. The molecule has 0 aromatic carbocycles. The Bertz CT molecular complexity index is 772. The smallest absolute Gasteiger partial charge is 0.332 e. The first kappa shape index (κ1) is 19.4. The SMILES string of the molecule is Cn1c(N)c(C(=O)CN2CCCN(C(C)(C)C)CC2)c(=O)n(C)c1=O. The van der Waals surface area contributed by atoms with Crippen LogP contribution in [0.4, 0.5) is 5.82 Å². The van der Waals surface area contributed by atoms with Crippen molar-refractivity contribution in [3.05, 3.63) is 26.4 Å². The van der Waals surface area contributed by atoms with E-state index >= 15 is 0 Å². The van der Waals surface area contributed by atoms with Crippen LogP contribution in [-0.2, 0) is 14.1 Å². The molecule has 0 saturated carbocycles. The average molecular weight is 351 g/mol. The summed E-state index contributed by atoms with van der Waals surface area (Å²) in [6, 6.07) is 0. The van der Waals surface area contributed by atoms with E-state index in [1.54, 1.807) is 0 Å². The van der Waals surface area contributed by atoms with Crippen molar-refractivity contribution in [1.82, 2.24) is 18.9 Å². The number of aromatic nitrogens is 2. The third kappa shape index (κ3) is 4.01. The second-order valence-corrected chi connectivity index (χ2v) is 7.68. The third-order valence-electron chi connectivity index (χ3n) is 4.89. The standard InChI is InChI=1S/C17H29N5O3/c1-17(2,3)22-8-6-7-21(9-10-22)11-12(23)13-14(18)19(4)16(25)20(5)15(13)24/h6-11,18H2,1-5H3. The molecule has 8 heteroatoms. The quantitative estimate of drug-likeness (QED) is 0.749. The molecule has 0 spiro atoms. The first-order valence-corrected chi connectivity index (χ1v) is 8.60. The van der Waals surface area contributed by atoms with Gasteiger partial charge in [-0.2, -0.15) is 0 Å². The van der Waals surface area contributed by atoms with Crippen molar-refractivity contribution in [1.29, 1.82) is 0 Å². The summed E-state index contributed by atoms with van der Waals surface area (Å²) in [5.41, 5.74) is 4.71. The fourth-order valence-corrected chi connectivity index (χ4v) is 3.20. The summed E-state index contributed by atoms with van der Waals surface area (Å²) in [4.78, 5) is 41.3. The first-order chi connectivity index (χ1) is 11.5. The summed E-state index contributed by atoms with van der Waals surface area (Å²) < 4.78 is 2.06. The summed E-state index contributed by atoms with van der Waals surface area (Å²) in [6.45, 7) is 10.1. The van der Waals surface area contributed by atoms with Crippen LogP contribution in [-0.4, -0.2) is 63.0 Å². The molecule has 140 valence electrons. The van der Waals surface area contributed by atoms with E-state index in [1.165, 1.54) is 14.1 Å². The highest BCUT2D eigenvalue weighted by molar-refractivity contribution is 6.01. The van der Waals surface area contributed by atoms with Crippen LogP contribution in [0.15, 0.2) is 9.59 Å². The van der Waals surface area contributed by atoms with E-state index in [1.807, 2.05) is 0 Å². The van der Waals surface area contributed by atoms with Crippen LogP contribution in [0.3, 0.4) is 0 Å². The first-order valence-electron chi connectivity index (χ1n) is 8.60. The van der Waals surface area contributed by atoms with Gasteiger partial charge in [0, 0.05) is 32.7 Å². The van der Waals surface area contributed by atoms with Crippen LogP contribution in [0.1, 0.15) is 37.6 Å². The highest BCUT2D eigenvalue weighted by Gasteiger charge is 2.26. The monoisotopic (exact) mass is 351 g/mol. The zero-order chi connectivity index (χ0) is 18.9. The minimum Gasteiger partial charge on any atom is -0.384 e. The minimum absolute atomic E-state index is 0.0655. The lowest BCUT2D eigenvalue weighted by Crippen LogP contribution is -2.45. The zero-order valence-corrected chi connectivity index (χ0v) is 15.8. The highest BCUT2D eigenvalue weighted by atomic mass is 16.2. The summed E-state index contributed by atoms with van der Waals surface area (Å²) in [7, 11) is 2.81. The molecule has 8 nitrogen and oxygen atoms in total. The summed E-state index contributed by atoms with van der Waals surface area (Å²) >= 11 is 0. The molecule has 1 fully saturated rings. The predicted molar refractivity (Wildman–Crippen MR) is 98.0 cm³/mol. The van der Waals surface area contributed by atoms with Crippen molar-refractivity contribution in [2.75, 3.05) is 38.5 Å². The van der Waals surface area contributed by atoms with Crippen molar-refractivity contribution in [3.63, 3.8) is 0 Å². The van der Waals surface area contributed by atoms with Gasteiger partial charge in [-0.3, -0.25) is 28.5 Å². The molecule has 1 saturated heterocycles. The maximum atomic E-state index is 12.7. The largest absolute Gasteiger partial charge is 0.384 e. The van der Waals surface area contributed by atoms with Gasteiger partial charge in [0.2, 0.25) is 0 Å². The molecular formula is C17H29N5O3. The fourth-order valence-electron chi connectivity index (χ4n) is 3.20. The van der Waals surface area contributed by atoms with Gasteiger partial charge in [0.1, 0.15) is 11.4 Å². The number of Topliss-reactive ketones (excluding diaryl/α,β-unsaturated/α-hetero) is 1. The van der Waals surface area contributed by atoms with Gasteiger partial charge in [0.15, 0.2) is 5.78 Å². The molecule has 25 heavy (non-hydrogen) atoms. The van der Waals surface area contributed by atoms with Gasteiger partial charge in [-0.05, 0) is 40.3 Å². The van der Waals surface area contributed by atoms with Crippen molar-refractivity contribution >= 4 is 11.6 Å². The Morgan fingerprint density at radius 3 is 2.28 bits per heavy atom. The van der Waals surface area contributed by atoms with Gasteiger partial charge in [-0.15, -0.1) is 0 Å². The third-order valence-corrected chi connectivity index (χ3v) is 4.89. The van der Waals surface area contributed by atoms with Crippen molar-refractivity contribution in [3.8, 4) is 0 Å². The van der Waals surface area contributed by atoms with Crippen LogP contribution in [0.5, 0.6) is 0 Å². The molecule has 0 bridgehead atoms. The number of carbonyl (C=O) groups excluding carboxylic acids is 1. The van der Waals surface area contributed by atoms with Gasteiger partial charge >= 0.3 is 5.69 Å². The molecule has 2 rings (SSSR count). The van der Waals surface area contributed by atoms with Gasteiger partial charge < -0.3 is 5.73 Å². The highest BCUT2D eigenvalue weighted by Crippen LogP contribution is 2.16. The van der Waals surface area contributed by atoms with E-state index in [0.717, 1.165) is 41.7 Å². The van der Waals surface area contributed by atoms with E-state index in [4.69, 9.17) is 5.73 Å². The van der Waals surface area contributed by atoms with Gasteiger partial charge in [-0.1, -0.05) is 0 Å². The molecule has 1 aromatic rings. The number of rotatable bonds is 3. The summed E-state index contributed by atoms with van der Waals surface area (Å²) in [5.74, 6) is -0.401. The molecule has 1 aliphatic heterocycles. The molecule has 1 aliphatic rings. The number of hydrogen-bond donors (Lipinski definition) is 1. The lowest BCUT2D eigenvalue weighted by Gasteiger charge is -2.34. The molecule has 1 aromatic heterocycles. The van der Waals surface area contributed by atoms with Crippen LogP contribution < -0.4 is 17.0 Å². The van der Waals surface area contributed by atoms with E-state index in [0.29, 0.717) is 0 Å². The van der Waals surface area contributed by atoms with Crippen molar-refractivity contribution in [2.45, 2.75) is 32.7 Å². The van der Waals surface area contributed by atoms with Crippen LogP contribution in [0.2, 0.25) is 0 Å². The molecule has 0 radical (unpaired) electrons. The number of anilines is 1. The van der Waals surface area contributed by atoms with Gasteiger partial charge in [-0.25, -0.2) is 4.79 Å². The number of carbonyl (C=O) groups is 1. The number of hydrogen-bond acceptors (Lipinski definition) is 6. The van der Waals surface area contributed by atoms with Crippen LogP contribution >= 0.6 is 0 Å². The number of nitrogens with zero attached hydrogens (tertiary/aromatic N) is 4. The second kappa shape index (κ2) is 7.13. The molecule has 0 atom stereocenters. The fraction of sp³-hybridized carbons (Fsp3) is 0.706. The van der Waals surface area contributed by atoms with Gasteiger partial charge in [0.05, 0.1) is 6.54 Å². The second-order valence-electron chi connectivity index (χ2n) is 7.68. The lowest BCUT2D eigenvalue weighted by molar-refractivity contribution is 0.0925. The van der Waals surface area contributed by atoms with Crippen LogP contribution in [0, 0.1) is 0 Å². The molecule has 0 aliphatic carbocycles. The van der Waals surface area contributed by atoms with Crippen LogP contribution in [0.25, 0.3) is 0 Å². The Hall–Kier alpha value is -1.93. The Morgan fingerprint density at radius 2 is 1.68 bits per heavy atom. The maximum absolute atomic E-state index is 12.7.